The van der Waals surface area contributed by atoms with Crippen LogP contribution in [-0.4, -0.2) is 25.9 Å². The van der Waals surface area contributed by atoms with Crippen LogP contribution in [0.1, 0.15) is 22.3 Å². The normalized spacial score (nSPS) is 12.7. The van der Waals surface area contributed by atoms with Gasteiger partial charge in [0.05, 0.1) is 28.2 Å². The predicted molar refractivity (Wildman–Crippen MR) is 116 cm³/mol. The maximum Gasteiger partial charge on any atom is 0.243 e. The molecule has 0 bridgehead atoms. The van der Waals surface area contributed by atoms with Crippen molar-refractivity contribution in [2.24, 2.45) is 0 Å². The summed E-state index contributed by atoms with van der Waals surface area (Å²) in [6.45, 7) is 1.00. The number of nitriles is 2. The number of ether oxygens (including phenoxy) is 2. The number of benzene rings is 3. The Morgan fingerprint density at radius 3 is 1.75 bits per heavy atom. The summed E-state index contributed by atoms with van der Waals surface area (Å²) in [4.78, 5) is 0.101. The van der Waals surface area contributed by atoms with Crippen LogP contribution in [0.5, 0.6) is 11.5 Å². The average molecular weight is 446 g/mol. The Hall–Kier alpha value is -3.85. The predicted octanol–water partition coefficient (Wildman–Crippen LogP) is 3.59. The SMILES string of the molecule is N#Cc1ccc(CN(Cc2ccc(C#N)cc2)S(=O)(=O)c2ccc3c(c2)OCCO3)cc1. The molecule has 0 saturated carbocycles. The Morgan fingerprint density at radius 1 is 0.750 bits per heavy atom. The smallest absolute Gasteiger partial charge is 0.243 e. The van der Waals surface area contributed by atoms with Crippen molar-refractivity contribution in [3.8, 4) is 23.6 Å². The zero-order valence-corrected chi connectivity index (χ0v) is 17.9. The van der Waals surface area contributed by atoms with Crippen molar-refractivity contribution in [3.05, 3.63) is 89.0 Å². The van der Waals surface area contributed by atoms with Gasteiger partial charge in [-0.25, -0.2) is 8.42 Å². The molecule has 8 heteroatoms. The van der Waals surface area contributed by atoms with Gasteiger partial charge in [0, 0.05) is 19.2 Å². The molecule has 1 aliphatic rings. The average Bonchev–Trinajstić information content (AvgIpc) is 2.84. The first-order valence-corrected chi connectivity index (χ1v) is 11.3. The van der Waals surface area contributed by atoms with Gasteiger partial charge in [-0.05, 0) is 47.5 Å². The van der Waals surface area contributed by atoms with E-state index in [1.807, 2.05) is 0 Å². The lowest BCUT2D eigenvalue weighted by Crippen LogP contribution is -2.30. The highest BCUT2D eigenvalue weighted by atomic mass is 32.2. The van der Waals surface area contributed by atoms with Crippen molar-refractivity contribution in [3.63, 3.8) is 0 Å². The summed E-state index contributed by atoms with van der Waals surface area (Å²) in [5.41, 5.74) is 2.50. The number of sulfonamides is 1. The molecule has 160 valence electrons. The van der Waals surface area contributed by atoms with Gasteiger partial charge >= 0.3 is 0 Å². The quantitative estimate of drug-likeness (QED) is 0.574. The van der Waals surface area contributed by atoms with Gasteiger partial charge in [-0.3, -0.25) is 0 Å². The Morgan fingerprint density at radius 2 is 1.25 bits per heavy atom. The van der Waals surface area contributed by atoms with E-state index in [-0.39, 0.29) is 18.0 Å². The van der Waals surface area contributed by atoms with Crippen molar-refractivity contribution in [1.29, 1.82) is 10.5 Å². The van der Waals surface area contributed by atoms with Crippen LogP contribution in [0.25, 0.3) is 0 Å². The minimum absolute atomic E-state index is 0.101. The fraction of sp³-hybridized carbons (Fsp3) is 0.167. The third-order valence-electron chi connectivity index (χ3n) is 5.04. The van der Waals surface area contributed by atoms with Crippen LogP contribution < -0.4 is 9.47 Å². The molecule has 0 atom stereocenters. The van der Waals surface area contributed by atoms with Crippen LogP contribution >= 0.6 is 0 Å². The first-order valence-electron chi connectivity index (χ1n) is 9.87. The molecule has 0 unspecified atom stereocenters. The molecule has 3 aromatic carbocycles. The van der Waals surface area contributed by atoms with Gasteiger partial charge < -0.3 is 9.47 Å². The fourth-order valence-electron chi connectivity index (χ4n) is 3.34. The number of rotatable bonds is 6. The molecule has 32 heavy (non-hydrogen) atoms. The highest BCUT2D eigenvalue weighted by Gasteiger charge is 2.27. The molecule has 0 saturated heterocycles. The van der Waals surface area contributed by atoms with Crippen LogP contribution in [-0.2, 0) is 23.1 Å². The highest BCUT2D eigenvalue weighted by Crippen LogP contribution is 2.33. The molecule has 1 heterocycles. The topological polar surface area (TPSA) is 103 Å². The first-order chi connectivity index (χ1) is 15.5. The summed E-state index contributed by atoms with van der Waals surface area (Å²) < 4.78 is 39.6. The molecule has 0 N–H and O–H groups in total. The van der Waals surface area contributed by atoms with E-state index in [0.29, 0.717) is 35.8 Å². The lowest BCUT2D eigenvalue weighted by molar-refractivity contribution is 0.171. The standard InChI is InChI=1S/C24H19N3O4S/c25-14-18-1-5-20(6-2-18)16-27(17-21-7-3-19(15-26)4-8-21)32(28,29)22-9-10-23-24(13-22)31-12-11-30-23/h1-10,13H,11-12,16-17H2. The number of hydrogen-bond acceptors (Lipinski definition) is 6. The van der Waals surface area contributed by atoms with E-state index >= 15 is 0 Å². The van der Waals surface area contributed by atoms with Gasteiger partial charge in [0.2, 0.25) is 10.0 Å². The van der Waals surface area contributed by atoms with E-state index in [9.17, 15) is 8.42 Å². The molecule has 3 aromatic rings. The first kappa shape index (κ1) is 21.4. The molecule has 0 aromatic heterocycles. The molecule has 0 aliphatic carbocycles. The summed E-state index contributed by atoms with van der Waals surface area (Å²) in [6.07, 6.45) is 0. The van der Waals surface area contributed by atoms with E-state index in [0.717, 1.165) is 11.1 Å². The van der Waals surface area contributed by atoms with Crippen LogP contribution in [0.4, 0.5) is 0 Å². The van der Waals surface area contributed by atoms with Crippen molar-refractivity contribution in [2.45, 2.75) is 18.0 Å². The third-order valence-corrected chi connectivity index (χ3v) is 6.82. The zero-order valence-electron chi connectivity index (χ0n) is 17.1. The lowest BCUT2D eigenvalue weighted by atomic mass is 10.1. The molecular formula is C24H19N3O4S. The van der Waals surface area contributed by atoms with E-state index in [1.165, 1.54) is 16.4 Å². The van der Waals surface area contributed by atoms with Gasteiger partial charge in [0.15, 0.2) is 11.5 Å². The molecule has 0 amide bonds. The number of nitrogens with zero attached hydrogens (tertiary/aromatic N) is 3. The Kier molecular flexibility index (Phi) is 6.09. The molecule has 1 aliphatic heterocycles. The lowest BCUT2D eigenvalue weighted by Gasteiger charge is -2.24. The van der Waals surface area contributed by atoms with Crippen molar-refractivity contribution in [1.82, 2.24) is 4.31 Å². The summed E-state index contributed by atoms with van der Waals surface area (Å²) in [6, 6.07) is 22.3. The van der Waals surface area contributed by atoms with Gasteiger partial charge in [0.1, 0.15) is 13.2 Å². The molecule has 7 nitrogen and oxygen atoms in total. The molecule has 0 fully saturated rings. The van der Waals surface area contributed by atoms with Crippen LogP contribution in [0.15, 0.2) is 71.6 Å². The molecule has 4 rings (SSSR count). The van der Waals surface area contributed by atoms with Crippen LogP contribution in [0.3, 0.4) is 0 Å². The Bertz CT molecular complexity index is 1250. The van der Waals surface area contributed by atoms with Gasteiger partial charge in [-0.1, -0.05) is 24.3 Å². The maximum atomic E-state index is 13.6. The largest absolute Gasteiger partial charge is 0.486 e. The fourth-order valence-corrected chi connectivity index (χ4v) is 4.77. The third kappa shape index (κ3) is 4.57. The zero-order chi connectivity index (χ0) is 22.6. The molecule has 0 spiro atoms. The number of hydrogen-bond donors (Lipinski definition) is 0. The van der Waals surface area contributed by atoms with Crippen LogP contribution in [0.2, 0.25) is 0 Å². The van der Waals surface area contributed by atoms with Gasteiger partial charge in [0.25, 0.3) is 0 Å². The second-order valence-electron chi connectivity index (χ2n) is 7.20. The minimum Gasteiger partial charge on any atom is -0.486 e. The number of fused-ring (bicyclic) bond motifs is 1. The summed E-state index contributed by atoms with van der Waals surface area (Å²) in [7, 11) is -3.89. The summed E-state index contributed by atoms with van der Waals surface area (Å²) in [5.74, 6) is 0.912. The Balaban J connectivity index is 1.69. The maximum absolute atomic E-state index is 13.6. The Labute approximate surface area is 186 Å². The van der Waals surface area contributed by atoms with E-state index < -0.39 is 10.0 Å². The summed E-state index contributed by atoms with van der Waals surface area (Å²) >= 11 is 0. The van der Waals surface area contributed by atoms with Gasteiger partial charge in [-0.15, -0.1) is 0 Å². The van der Waals surface area contributed by atoms with Crippen molar-refractivity contribution >= 4 is 10.0 Å². The minimum atomic E-state index is -3.89. The summed E-state index contributed by atoms with van der Waals surface area (Å²) in [5, 5.41) is 18.0. The monoisotopic (exact) mass is 445 g/mol. The van der Waals surface area contributed by atoms with E-state index in [4.69, 9.17) is 20.0 Å². The van der Waals surface area contributed by atoms with E-state index in [1.54, 1.807) is 54.6 Å². The van der Waals surface area contributed by atoms with Crippen molar-refractivity contribution < 1.29 is 17.9 Å². The second-order valence-corrected chi connectivity index (χ2v) is 9.13. The van der Waals surface area contributed by atoms with Gasteiger partial charge in [-0.2, -0.15) is 14.8 Å². The van der Waals surface area contributed by atoms with Crippen LogP contribution in [0, 0.1) is 22.7 Å². The molecular weight excluding hydrogens is 426 g/mol. The van der Waals surface area contributed by atoms with E-state index in [2.05, 4.69) is 12.1 Å². The van der Waals surface area contributed by atoms with Crippen molar-refractivity contribution in [2.75, 3.05) is 13.2 Å². The second kappa shape index (κ2) is 9.11. The highest BCUT2D eigenvalue weighted by molar-refractivity contribution is 7.89. The molecule has 0 radical (unpaired) electrons.